The summed E-state index contributed by atoms with van der Waals surface area (Å²) in [7, 11) is 1.75. The first-order chi connectivity index (χ1) is 11.7. The fourth-order valence-electron chi connectivity index (χ4n) is 3.40. The molecule has 0 spiro atoms. The topological polar surface area (TPSA) is 57.7 Å². The quantitative estimate of drug-likeness (QED) is 0.917. The Morgan fingerprint density at radius 1 is 1.21 bits per heavy atom. The number of methoxy groups -OCH3 is 1. The third-order valence-electron chi connectivity index (χ3n) is 4.94. The number of ether oxygens (including phenoxy) is 1. The molecular formula is C17H25FN4O2. The molecule has 3 rings (SSSR count). The number of rotatable bonds is 3. The van der Waals surface area contributed by atoms with Gasteiger partial charge >= 0.3 is 6.03 Å². The van der Waals surface area contributed by atoms with Gasteiger partial charge < -0.3 is 19.9 Å². The highest BCUT2D eigenvalue weighted by Gasteiger charge is 2.26. The summed E-state index contributed by atoms with van der Waals surface area (Å²) >= 11 is 0. The molecule has 1 aliphatic heterocycles. The molecule has 0 unspecified atom stereocenters. The van der Waals surface area contributed by atoms with Gasteiger partial charge in [0.1, 0.15) is 11.6 Å². The molecule has 1 aliphatic carbocycles. The number of hydrogen-bond acceptors (Lipinski definition) is 4. The first-order valence-corrected chi connectivity index (χ1v) is 8.60. The van der Waals surface area contributed by atoms with E-state index in [2.05, 4.69) is 15.2 Å². The Morgan fingerprint density at radius 2 is 1.92 bits per heavy atom. The van der Waals surface area contributed by atoms with Crippen molar-refractivity contribution in [1.29, 1.82) is 0 Å². The number of amides is 2. The van der Waals surface area contributed by atoms with Crippen LogP contribution in [0.5, 0.6) is 0 Å². The van der Waals surface area contributed by atoms with Crippen molar-refractivity contribution in [3.05, 3.63) is 24.1 Å². The van der Waals surface area contributed by atoms with Crippen LogP contribution >= 0.6 is 0 Å². The summed E-state index contributed by atoms with van der Waals surface area (Å²) in [5.74, 6) is 0.425. The van der Waals surface area contributed by atoms with Crippen LogP contribution in [0, 0.1) is 5.82 Å². The van der Waals surface area contributed by atoms with Crippen molar-refractivity contribution < 1.29 is 13.9 Å². The summed E-state index contributed by atoms with van der Waals surface area (Å²) in [6.07, 6.45) is 5.53. The van der Waals surface area contributed by atoms with Gasteiger partial charge in [-0.25, -0.2) is 14.2 Å². The van der Waals surface area contributed by atoms with Crippen molar-refractivity contribution in [3.8, 4) is 0 Å². The number of hydrogen-bond donors (Lipinski definition) is 1. The second-order valence-electron chi connectivity index (χ2n) is 6.47. The van der Waals surface area contributed by atoms with Crippen molar-refractivity contribution in [3.63, 3.8) is 0 Å². The zero-order valence-electron chi connectivity index (χ0n) is 14.1. The van der Waals surface area contributed by atoms with E-state index >= 15 is 0 Å². The monoisotopic (exact) mass is 336 g/mol. The number of anilines is 1. The summed E-state index contributed by atoms with van der Waals surface area (Å²) in [5.41, 5.74) is 0. The van der Waals surface area contributed by atoms with Gasteiger partial charge in [-0.05, 0) is 37.8 Å². The highest BCUT2D eigenvalue weighted by atomic mass is 19.1. The molecule has 1 N–H and O–H groups in total. The number of piperazine rings is 1. The molecule has 0 bridgehead atoms. The maximum absolute atomic E-state index is 12.9. The normalized spacial score (nSPS) is 24.8. The molecule has 6 nitrogen and oxygen atoms in total. The number of nitrogens with one attached hydrogen (secondary N) is 1. The zero-order chi connectivity index (χ0) is 16.9. The van der Waals surface area contributed by atoms with Gasteiger partial charge in [0.2, 0.25) is 0 Å². The Balaban J connectivity index is 1.44. The van der Waals surface area contributed by atoms with Gasteiger partial charge in [-0.2, -0.15) is 0 Å². The molecule has 2 fully saturated rings. The average Bonchev–Trinajstić information content (AvgIpc) is 2.63. The third-order valence-corrected chi connectivity index (χ3v) is 4.94. The SMILES string of the molecule is COC1CCC(NC(=O)N2CCN(c3ccc(F)cn3)CC2)CC1. The van der Waals surface area contributed by atoms with Gasteiger partial charge in [0.05, 0.1) is 12.3 Å². The minimum Gasteiger partial charge on any atom is -0.381 e. The number of urea groups is 1. The van der Waals surface area contributed by atoms with E-state index in [-0.39, 0.29) is 17.9 Å². The van der Waals surface area contributed by atoms with Crippen LogP contribution in [0.1, 0.15) is 25.7 Å². The van der Waals surface area contributed by atoms with E-state index in [0.29, 0.717) is 32.3 Å². The fraction of sp³-hybridized carbons (Fsp3) is 0.647. The first kappa shape index (κ1) is 17.0. The zero-order valence-corrected chi connectivity index (χ0v) is 14.1. The predicted octanol–water partition coefficient (Wildman–Crippen LogP) is 2.01. The largest absolute Gasteiger partial charge is 0.381 e. The Bertz CT molecular complexity index is 538. The summed E-state index contributed by atoms with van der Waals surface area (Å²) < 4.78 is 18.3. The highest BCUT2D eigenvalue weighted by molar-refractivity contribution is 5.74. The number of carbonyl (C=O) groups is 1. The highest BCUT2D eigenvalue weighted by Crippen LogP contribution is 2.21. The van der Waals surface area contributed by atoms with E-state index in [9.17, 15) is 9.18 Å². The predicted molar refractivity (Wildman–Crippen MR) is 89.6 cm³/mol. The van der Waals surface area contributed by atoms with E-state index in [1.54, 1.807) is 13.2 Å². The van der Waals surface area contributed by atoms with Gasteiger partial charge in [-0.1, -0.05) is 0 Å². The van der Waals surface area contributed by atoms with Gasteiger partial charge in [0.25, 0.3) is 0 Å². The van der Waals surface area contributed by atoms with Crippen LogP contribution in [-0.4, -0.2) is 61.3 Å². The second-order valence-corrected chi connectivity index (χ2v) is 6.47. The van der Waals surface area contributed by atoms with Crippen LogP contribution in [-0.2, 0) is 4.74 Å². The van der Waals surface area contributed by atoms with Crippen LogP contribution in [0.3, 0.4) is 0 Å². The van der Waals surface area contributed by atoms with E-state index in [0.717, 1.165) is 31.5 Å². The average molecular weight is 336 g/mol. The molecule has 2 amide bonds. The molecule has 7 heteroatoms. The van der Waals surface area contributed by atoms with E-state index < -0.39 is 0 Å². The Kier molecular flexibility index (Phi) is 5.50. The van der Waals surface area contributed by atoms with Crippen molar-refractivity contribution in [1.82, 2.24) is 15.2 Å². The van der Waals surface area contributed by atoms with Crippen LogP contribution in [0.4, 0.5) is 15.0 Å². The fourth-order valence-corrected chi connectivity index (χ4v) is 3.40. The smallest absolute Gasteiger partial charge is 0.317 e. The standard InChI is InChI=1S/C17H25FN4O2/c1-24-15-5-3-14(4-6-15)20-17(23)22-10-8-21(9-11-22)16-7-2-13(18)12-19-16/h2,7,12,14-15H,3-6,8-11H2,1H3,(H,20,23). The summed E-state index contributed by atoms with van der Waals surface area (Å²) in [4.78, 5) is 20.4. The van der Waals surface area contributed by atoms with Crippen molar-refractivity contribution >= 4 is 11.8 Å². The Hall–Kier alpha value is -1.89. The minimum atomic E-state index is -0.333. The lowest BCUT2D eigenvalue weighted by molar-refractivity contribution is 0.0627. The Morgan fingerprint density at radius 3 is 2.50 bits per heavy atom. The van der Waals surface area contributed by atoms with Gasteiger partial charge in [-0.15, -0.1) is 0 Å². The van der Waals surface area contributed by atoms with Crippen LogP contribution in [0.15, 0.2) is 18.3 Å². The number of aromatic nitrogens is 1. The molecule has 1 aromatic rings. The summed E-state index contributed by atoms with van der Waals surface area (Å²) in [6.45, 7) is 2.72. The lowest BCUT2D eigenvalue weighted by Crippen LogP contribution is -2.54. The molecule has 1 saturated carbocycles. The van der Waals surface area contributed by atoms with Gasteiger partial charge in [-0.3, -0.25) is 0 Å². The molecule has 1 saturated heterocycles. The molecule has 0 radical (unpaired) electrons. The summed E-state index contributed by atoms with van der Waals surface area (Å²) in [6, 6.07) is 3.36. The molecule has 24 heavy (non-hydrogen) atoms. The Labute approximate surface area is 142 Å². The van der Waals surface area contributed by atoms with Gasteiger partial charge in [0.15, 0.2) is 0 Å². The first-order valence-electron chi connectivity index (χ1n) is 8.60. The number of pyridine rings is 1. The second kappa shape index (κ2) is 7.79. The van der Waals surface area contributed by atoms with E-state index in [1.807, 2.05) is 4.90 Å². The maximum atomic E-state index is 12.9. The number of halogens is 1. The maximum Gasteiger partial charge on any atom is 0.317 e. The lowest BCUT2D eigenvalue weighted by atomic mass is 9.93. The van der Waals surface area contributed by atoms with Crippen molar-refractivity contribution in [2.24, 2.45) is 0 Å². The van der Waals surface area contributed by atoms with Crippen molar-refractivity contribution in [2.75, 3.05) is 38.2 Å². The molecular weight excluding hydrogens is 311 g/mol. The third kappa shape index (κ3) is 4.14. The molecule has 0 aromatic carbocycles. The summed E-state index contributed by atoms with van der Waals surface area (Å²) in [5, 5.41) is 3.14. The number of carbonyl (C=O) groups excluding carboxylic acids is 1. The van der Waals surface area contributed by atoms with Gasteiger partial charge in [0, 0.05) is 39.3 Å². The number of nitrogens with zero attached hydrogens (tertiary/aromatic N) is 3. The molecule has 2 heterocycles. The van der Waals surface area contributed by atoms with E-state index in [4.69, 9.17) is 4.74 Å². The molecule has 0 atom stereocenters. The van der Waals surface area contributed by atoms with Crippen LogP contribution in [0.2, 0.25) is 0 Å². The van der Waals surface area contributed by atoms with Crippen LogP contribution < -0.4 is 10.2 Å². The molecule has 1 aromatic heterocycles. The van der Waals surface area contributed by atoms with E-state index in [1.165, 1.54) is 12.3 Å². The molecule has 132 valence electrons. The van der Waals surface area contributed by atoms with Crippen molar-refractivity contribution in [2.45, 2.75) is 37.8 Å². The van der Waals surface area contributed by atoms with Crippen LogP contribution in [0.25, 0.3) is 0 Å². The minimum absolute atomic E-state index is 0.0163. The molecule has 2 aliphatic rings. The lowest BCUT2D eigenvalue weighted by Gasteiger charge is -2.37.